The first-order valence-electron chi connectivity index (χ1n) is 6.56. The normalized spacial score (nSPS) is 13.1. The lowest BCUT2D eigenvalue weighted by Crippen LogP contribution is -2.30. The average Bonchev–Trinajstić information content (AvgIpc) is 2.37. The number of hydrogen-bond acceptors (Lipinski definition) is 3. The predicted octanol–water partition coefficient (Wildman–Crippen LogP) is 2.85. The summed E-state index contributed by atoms with van der Waals surface area (Å²) < 4.78 is 5.59. The number of rotatable bonds is 7. The number of aliphatic carboxylic acids is 1. The molecule has 0 aliphatic carbocycles. The number of carbonyl (C=O) groups is 1. The van der Waals surface area contributed by atoms with E-state index < -0.39 is 11.4 Å². The summed E-state index contributed by atoms with van der Waals surface area (Å²) >= 11 is 0. The van der Waals surface area contributed by atoms with Crippen LogP contribution >= 0.6 is 0 Å². The van der Waals surface area contributed by atoms with Crippen molar-refractivity contribution in [1.29, 1.82) is 0 Å². The number of ether oxygens (including phenoxy) is 1. The van der Waals surface area contributed by atoms with Gasteiger partial charge in [0.25, 0.3) is 0 Å². The summed E-state index contributed by atoms with van der Waals surface area (Å²) in [5, 5.41) is 12.4. The molecule has 2 N–H and O–H groups in total. The molecule has 0 aliphatic rings. The molecule has 1 aromatic rings. The van der Waals surface area contributed by atoms with E-state index in [9.17, 15) is 4.79 Å². The van der Waals surface area contributed by atoms with Crippen molar-refractivity contribution in [1.82, 2.24) is 5.32 Å². The van der Waals surface area contributed by atoms with Crippen molar-refractivity contribution >= 4 is 5.97 Å². The molecule has 4 heteroatoms. The second-order valence-electron chi connectivity index (χ2n) is 5.33. The molecule has 106 valence electrons. The Morgan fingerprint density at radius 1 is 1.47 bits per heavy atom. The van der Waals surface area contributed by atoms with Crippen LogP contribution in [0.1, 0.15) is 39.3 Å². The average molecular weight is 265 g/mol. The van der Waals surface area contributed by atoms with Crippen LogP contribution in [-0.2, 0) is 4.79 Å². The highest BCUT2D eigenvalue weighted by molar-refractivity contribution is 5.73. The highest BCUT2D eigenvalue weighted by Crippen LogP contribution is 2.22. The van der Waals surface area contributed by atoms with Crippen LogP contribution in [0.15, 0.2) is 24.3 Å². The molecule has 1 rings (SSSR count). The van der Waals surface area contributed by atoms with Gasteiger partial charge in [-0.05, 0) is 45.0 Å². The minimum atomic E-state index is -0.886. The fourth-order valence-corrected chi connectivity index (χ4v) is 1.62. The Bertz CT molecular complexity index is 429. The fraction of sp³-hybridized carbons (Fsp3) is 0.533. The van der Waals surface area contributed by atoms with Gasteiger partial charge in [-0.2, -0.15) is 0 Å². The largest absolute Gasteiger partial charge is 0.492 e. The van der Waals surface area contributed by atoms with Crippen LogP contribution in [0.3, 0.4) is 0 Å². The Morgan fingerprint density at radius 3 is 2.74 bits per heavy atom. The van der Waals surface area contributed by atoms with Gasteiger partial charge in [0.1, 0.15) is 12.4 Å². The van der Waals surface area contributed by atoms with Crippen molar-refractivity contribution in [2.24, 2.45) is 5.41 Å². The standard InChI is InChI=1S/C15H23NO3/c1-5-16-11(2)12-7-6-8-13(9-12)19-10-15(3,4)14(17)18/h6-9,11,16H,5,10H2,1-4H3,(H,17,18). The summed E-state index contributed by atoms with van der Waals surface area (Å²) in [4.78, 5) is 11.0. The third-order valence-electron chi connectivity index (χ3n) is 3.05. The van der Waals surface area contributed by atoms with Gasteiger partial charge in [0.15, 0.2) is 0 Å². The van der Waals surface area contributed by atoms with Crippen LogP contribution in [0, 0.1) is 5.41 Å². The third-order valence-corrected chi connectivity index (χ3v) is 3.05. The van der Waals surface area contributed by atoms with Gasteiger partial charge in [0.05, 0.1) is 5.41 Å². The monoisotopic (exact) mass is 265 g/mol. The molecule has 0 saturated heterocycles. The SMILES string of the molecule is CCNC(C)c1cccc(OCC(C)(C)C(=O)O)c1. The Labute approximate surface area is 114 Å². The lowest BCUT2D eigenvalue weighted by Gasteiger charge is -2.20. The van der Waals surface area contributed by atoms with Crippen molar-refractivity contribution in [2.75, 3.05) is 13.2 Å². The zero-order chi connectivity index (χ0) is 14.5. The second-order valence-corrected chi connectivity index (χ2v) is 5.33. The van der Waals surface area contributed by atoms with E-state index in [0.717, 1.165) is 12.1 Å². The minimum absolute atomic E-state index is 0.154. The summed E-state index contributed by atoms with van der Waals surface area (Å²) in [6.07, 6.45) is 0. The van der Waals surface area contributed by atoms with Crippen molar-refractivity contribution in [2.45, 2.75) is 33.7 Å². The highest BCUT2D eigenvalue weighted by atomic mass is 16.5. The summed E-state index contributed by atoms with van der Waals surface area (Å²) in [6.45, 7) is 8.51. The molecule has 1 unspecified atom stereocenters. The first-order chi connectivity index (χ1) is 8.86. The predicted molar refractivity (Wildman–Crippen MR) is 75.4 cm³/mol. The van der Waals surface area contributed by atoms with E-state index in [1.54, 1.807) is 13.8 Å². The second kappa shape index (κ2) is 6.57. The molecule has 0 bridgehead atoms. The molecular weight excluding hydrogens is 242 g/mol. The molecular formula is C15H23NO3. The number of benzene rings is 1. The van der Waals surface area contributed by atoms with Crippen molar-refractivity contribution in [3.05, 3.63) is 29.8 Å². The van der Waals surface area contributed by atoms with Gasteiger partial charge in [-0.3, -0.25) is 4.79 Å². The number of carboxylic acids is 1. The Hall–Kier alpha value is -1.55. The molecule has 0 heterocycles. The molecule has 1 aromatic carbocycles. The van der Waals surface area contributed by atoms with Gasteiger partial charge < -0.3 is 15.2 Å². The van der Waals surface area contributed by atoms with E-state index in [4.69, 9.17) is 9.84 Å². The Balaban J connectivity index is 2.70. The summed E-state index contributed by atoms with van der Waals surface area (Å²) in [6, 6.07) is 8.00. The van der Waals surface area contributed by atoms with E-state index in [2.05, 4.69) is 19.2 Å². The smallest absolute Gasteiger partial charge is 0.312 e. The van der Waals surface area contributed by atoms with E-state index in [1.165, 1.54) is 0 Å². The Kier molecular flexibility index (Phi) is 5.36. The molecule has 0 aromatic heterocycles. The molecule has 0 radical (unpaired) electrons. The first-order valence-corrected chi connectivity index (χ1v) is 6.56. The zero-order valence-corrected chi connectivity index (χ0v) is 12.1. The van der Waals surface area contributed by atoms with E-state index in [1.807, 2.05) is 24.3 Å². The minimum Gasteiger partial charge on any atom is -0.492 e. The first kappa shape index (κ1) is 15.5. The van der Waals surface area contributed by atoms with Crippen LogP contribution in [0.4, 0.5) is 0 Å². The summed E-state index contributed by atoms with van der Waals surface area (Å²) in [5.41, 5.74) is 0.246. The van der Waals surface area contributed by atoms with E-state index in [-0.39, 0.29) is 12.6 Å². The molecule has 4 nitrogen and oxygen atoms in total. The van der Waals surface area contributed by atoms with Crippen molar-refractivity contribution in [3.63, 3.8) is 0 Å². The van der Waals surface area contributed by atoms with Gasteiger partial charge in [0, 0.05) is 6.04 Å². The lowest BCUT2D eigenvalue weighted by atomic mass is 9.95. The van der Waals surface area contributed by atoms with Crippen LogP contribution in [0.2, 0.25) is 0 Å². The summed E-state index contributed by atoms with van der Waals surface area (Å²) in [7, 11) is 0. The van der Waals surface area contributed by atoms with Gasteiger partial charge in [-0.25, -0.2) is 0 Å². The van der Waals surface area contributed by atoms with Gasteiger partial charge in [0.2, 0.25) is 0 Å². The van der Waals surface area contributed by atoms with Crippen molar-refractivity contribution < 1.29 is 14.6 Å². The maximum absolute atomic E-state index is 11.0. The van der Waals surface area contributed by atoms with Crippen LogP contribution in [0.5, 0.6) is 5.75 Å². The van der Waals surface area contributed by atoms with Crippen LogP contribution in [-0.4, -0.2) is 24.2 Å². The molecule has 0 amide bonds. The van der Waals surface area contributed by atoms with Crippen LogP contribution < -0.4 is 10.1 Å². The summed E-state index contributed by atoms with van der Waals surface area (Å²) in [5.74, 6) is -0.152. The van der Waals surface area contributed by atoms with Gasteiger partial charge in [-0.15, -0.1) is 0 Å². The molecule has 0 saturated carbocycles. The van der Waals surface area contributed by atoms with Gasteiger partial charge >= 0.3 is 5.97 Å². The van der Waals surface area contributed by atoms with Crippen LogP contribution in [0.25, 0.3) is 0 Å². The fourth-order valence-electron chi connectivity index (χ4n) is 1.62. The maximum atomic E-state index is 11.0. The van der Waals surface area contributed by atoms with E-state index >= 15 is 0 Å². The third kappa shape index (κ3) is 4.56. The van der Waals surface area contributed by atoms with Gasteiger partial charge in [-0.1, -0.05) is 19.1 Å². The number of hydrogen-bond donors (Lipinski definition) is 2. The zero-order valence-electron chi connectivity index (χ0n) is 12.1. The molecule has 0 aliphatic heterocycles. The maximum Gasteiger partial charge on any atom is 0.312 e. The molecule has 0 fully saturated rings. The number of carboxylic acid groups (broad SMARTS) is 1. The lowest BCUT2D eigenvalue weighted by molar-refractivity contribution is -0.148. The molecule has 1 atom stereocenters. The quantitative estimate of drug-likeness (QED) is 0.796. The topological polar surface area (TPSA) is 58.6 Å². The highest BCUT2D eigenvalue weighted by Gasteiger charge is 2.28. The molecule has 0 spiro atoms. The molecule has 19 heavy (non-hydrogen) atoms. The van der Waals surface area contributed by atoms with E-state index in [0.29, 0.717) is 5.75 Å². The number of nitrogens with one attached hydrogen (secondary N) is 1. The van der Waals surface area contributed by atoms with Crippen molar-refractivity contribution in [3.8, 4) is 5.75 Å². The Morgan fingerprint density at radius 2 is 2.16 bits per heavy atom.